The van der Waals surface area contributed by atoms with Crippen molar-refractivity contribution in [2.45, 2.75) is 32.3 Å². The van der Waals surface area contributed by atoms with Crippen LogP contribution in [-0.4, -0.2) is 27.4 Å². The Balaban J connectivity index is 1.87. The van der Waals surface area contributed by atoms with E-state index in [1.54, 1.807) is 6.92 Å². The summed E-state index contributed by atoms with van der Waals surface area (Å²) in [7, 11) is 0. The van der Waals surface area contributed by atoms with E-state index in [0.717, 1.165) is 12.8 Å². The molecule has 1 heterocycles. The van der Waals surface area contributed by atoms with E-state index < -0.39 is 5.60 Å². The molecule has 14 heavy (non-hydrogen) atoms. The van der Waals surface area contributed by atoms with E-state index in [1.165, 1.54) is 0 Å². The summed E-state index contributed by atoms with van der Waals surface area (Å²) in [6.45, 7) is 4.05. The molecule has 0 spiro atoms. The van der Waals surface area contributed by atoms with Crippen molar-refractivity contribution in [1.82, 2.24) is 10.1 Å². The predicted octanol–water partition coefficient (Wildman–Crippen LogP) is 0.951. The van der Waals surface area contributed by atoms with Gasteiger partial charge in [0, 0.05) is 6.54 Å². The smallest absolute Gasteiger partial charge is 0.321 e. The Kier molecular flexibility index (Phi) is 2.19. The Hall–Kier alpha value is -1.10. The molecule has 0 saturated heterocycles. The Morgan fingerprint density at radius 1 is 1.64 bits per heavy atom. The maximum atomic E-state index is 9.97. The average Bonchev–Trinajstić information content (AvgIpc) is 2.89. The summed E-state index contributed by atoms with van der Waals surface area (Å²) < 4.78 is 4.88. The molecule has 0 radical (unpaired) electrons. The van der Waals surface area contributed by atoms with E-state index in [1.807, 2.05) is 6.92 Å². The number of aliphatic hydroxyl groups is 1. The van der Waals surface area contributed by atoms with Crippen LogP contribution < -0.4 is 5.32 Å². The number of rotatable bonds is 4. The summed E-state index contributed by atoms with van der Waals surface area (Å²) in [5.41, 5.74) is -0.664. The fourth-order valence-electron chi connectivity index (χ4n) is 1.47. The summed E-state index contributed by atoms with van der Waals surface area (Å²) in [6, 6.07) is 0.378. The van der Waals surface area contributed by atoms with Crippen molar-refractivity contribution in [3.63, 3.8) is 0 Å². The van der Waals surface area contributed by atoms with E-state index >= 15 is 0 Å². The fraction of sp³-hybridized carbons (Fsp3) is 0.778. The molecule has 0 bridgehead atoms. The van der Waals surface area contributed by atoms with Crippen molar-refractivity contribution in [3.8, 4) is 0 Å². The first kappa shape index (κ1) is 9.45. The van der Waals surface area contributed by atoms with Crippen LogP contribution in [0.5, 0.6) is 0 Å². The zero-order valence-corrected chi connectivity index (χ0v) is 8.45. The van der Waals surface area contributed by atoms with E-state index in [2.05, 4.69) is 15.5 Å². The third-order valence-electron chi connectivity index (χ3n) is 2.58. The first-order chi connectivity index (χ1) is 6.58. The standard InChI is InChI=1S/C9H15N3O2/c1-6-11-8(14-12-6)10-5-9(2,13)7-3-4-7/h7,13H,3-5H2,1-2H3,(H,10,11,12). The molecule has 2 N–H and O–H groups in total. The topological polar surface area (TPSA) is 71.2 Å². The van der Waals surface area contributed by atoms with Crippen LogP contribution in [0.15, 0.2) is 4.52 Å². The highest BCUT2D eigenvalue weighted by Crippen LogP contribution is 2.39. The highest BCUT2D eigenvalue weighted by Gasteiger charge is 2.39. The van der Waals surface area contributed by atoms with Gasteiger partial charge in [0.15, 0.2) is 5.82 Å². The lowest BCUT2D eigenvalue weighted by Crippen LogP contribution is -2.35. The van der Waals surface area contributed by atoms with Gasteiger partial charge in [-0.05, 0) is 32.6 Å². The first-order valence-corrected chi connectivity index (χ1v) is 4.84. The summed E-state index contributed by atoms with van der Waals surface area (Å²) >= 11 is 0. The van der Waals surface area contributed by atoms with Crippen molar-refractivity contribution in [3.05, 3.63) is 5.82 Å². The van der Waals surface area contributed by atoms with Gasteiger partial charge in [0.1, 0.15) is 0 Å². The summed E-state index contributed by atoms with van der Waals surface area (Å²) in [5, 5.41) is 16.6. The summed E-state index contributed by atoms with van der Waals surface area (Å²) in [6.07, 6.45) is 2.22. The molecule has 5 heteroatoms. The van der Waals surface area contributed by atoms with Crippen molar-refractivity contribution in [2.24, 2.45) is 5.92 Å². The minimum absolute atomic E-state index is 0.378. The Morgan fingerprint density at radius 2 is 2.36 bits per heavy atom. The van der Waals surface area contributed by atoms with Crippen LogP contribution in [0, 0.1) is 12.8 Å². The lowest BCUT2D eigenvalue weighted by atomic mass is 10.0. The van der Waals surface area contributed by atoms with Crippen LogP contribution in [0.1, 0.15) is 25.6 Å². The lowest BCUT2D eigenvalue weighted by molar-refractivity contribution is 0.0497. The van der Waals surface area contributed by atoms with Crippen LogP contribution >= 0.6 is 0 Å². The third-order valence-corrected chi connectivity index (χ3v) is 2.58. The van der Waals surface area contributed by atoms with Crippen molar-refractivity contribution >= 4 is 6.01 Å². The second-order valence-corrected chi connectivity index (χ2v) is 4.13. The summed E-state index contributed by atoms with van der Waals surface area (Å²) in [4.78, 5) is 3.99. The Labute approximate surface area is 82.5 Å². The molecule has 1 atom stereocenters. The number of hydrogen-bond acceptors (Lipinski definition) is 5. The monoisotopic (exact) mass is 197 g/mol. The van der Waals surface area contributed by atoms with Crippen molar-refractivity contribution < 1.29 is 9.63 Å². The van der Waals surface area contributed by atoms with E-state index in [0.29, 0.717) is 24.3 Å². The number of anilines is 1. The molecule has 1 saturated carbocycles. The van der Waals surface area contributed by atoms with E-state index in [4.69, 9.17) is 4.52 Å². The molecule has 2 rings (SSSR count). The zero-order chi connectivity index (χ0) is 10.2. The molecular weight excluding hydrogens is 182 g/mol. The van der Waals surface area contributed by atoms with Gasteiger partial charge in [0.05, 0.1) is 5.60 Å². The third kappa shape index (κ3) is 2.04. The molecule has 1 aliphatic carbocycles. The van der Waals surface area contributed by atoms with Gasteiger partial charge in [0.2, 0.25) is 0 Å². The molecule has 0 amide bonds. The molecule has 1 unspecified atom stereocenters. The van der Waals surface area contributed by atoms with Crippen molar-refractivity contribution in [1.29, 1.82) is 0 Å². The number of aryl methyl sites for hydroxylation is 1. The zero-order valence-electron chi connectivity index (χ0n) is 8.45. The lowest BCUT2D eigenvalue weighted by Gasteiger charge is -2.22. The average molecular weight is 197 g/mol. The maximum Gasteiger partial charge on any atom is 0.321 e. The second-order valence-electron chi connectivity index (χ2n) is 4.13. The number of nitrogens with one attached hydrogen (secondary N) is 1. The van der Waals surface area contributed by atoms with Gasteiger partial charge in [-0.2, -0.15) is 4.98 Å². The highest BCUT2D eigenvalue weighted by atomic mass is 16.5. The highest BCUT2D eigenvalue weighted by molar-refractivity contribution is 5.19. The minimum atomic E-state index is -0.664. The quantitative estimate of drug-likeness (QED) is 0.752. The van der Waals surface area contributed by atoms with Gasteiger partial charge in [-0.1, -0.05) is 5.16 Å². The Bertz CT molecular complexity index is 318. The predicted molar refractivity (Wildman–Crippen MR) is 50.9 cm³/mol. The maximum absolute atomic E-state index is 9.97. The fourth-order valence-corrected chi connectivity index (χ4v) is 1.47. The Morgan fingerprint density at radius 3 is 2.86 bits per heavy atom. The molecule has 1 fully saturated rings. The van der Waals surface area contributed by atoms with Gasteiger partial charge in [-0.25, -0.2) is 0 Å². The molecule has 0 aromatic carbocycles. The van der Waals surface area contributed by atoms with E-state index in [9.17, 15) is 5.11 Å². The van der Waals surface area contributed by atoms with E-state index in [-0.39, 0.29) is 0 Å². The van der Waals surface area contributed by atoms with Gasteiger partial charge in [0.25, 0.3) is 0 Å². The number of nitrogens with zero attached hydrogens (tertiary/aromatic N) is 2. The van der Waals surface area contributed by atoms with Crippen LogP contribution in [-0.2, 0) is 0 Å². The second kappa shape index (κ2) is 3.24. The molecule has 1 aromatic heterocycles. The molecule has 78 valence electrons. The number of aromatic nitrogens is 2. The van der Waals surface area contributed by atoms with Crippen LogP contribution in [0.4, 0.5) is 6.01 Å². The number of hydrogen-bond donors (Lipinski definition) is 2. The molecule has 1 aromatic rings. The largest absolute Gasteiger partial charge is 0.388 e. The van der Waals surface area contributed by atoms with Gasteiger partial charge in [-0.3, -0.25) is 0 Å². The molecule has 1 aliphatic rings. The van der Waals surface area contributed by atoms with Crippen molar-refractivity contribution in [2.75, 3.05) is 11.9 Å². The molecule has 5 nitrogen and oxygen atoms in total. The molecular formula is C9H15N3O2. The first-order valence-electron chi connectivity index (χ1n) is 4.84. The van der Waals surface area contributed by atoms with Crippen LogP contribution in [0.2, 0.25) is 0 Å². The van der Waals surface area contributed by atoms with Crippen LogP contribution in [0.3, 0.4) is 0 Å². The normalized spacial score (nSPS) is 20.5. The minimum Gasteiger partial charge on any atom is -0.388 e. The SMILES string of the molecule is Cc1noc(NCC(C)(O)C2CC2)n1. The van der Waals surface area contributed by atoms with Gasteiger partial charge in [-0.15, -0.1) is 0 Å². The molecule has 0 aliphatic heterocycles. The van der Waals surface area contributed by atoms with Gasteiger partial charge < -0.3 is 14.9 Å². The van der Waals surface area contributed by atoms with Gasteiger partial charge >= 0.3 is 6.01 Å². The summed E-state index contributed by atoms with van der Waals surface area (Å²) in [5.74, 6) is 1.01. The van der Waals surface area contributed by atoms with Crippen LogP contribution in [0.25, 0.3) is 0 Å².